The third-order valence-corrected chi connectivity index (χ3v) is 2.99. The molecule has 0 aliphatic carbocycles. The van der Waals surface area contributed by atoms with Gasteiger partial charge in [-0.3, -0.25) is 0 Å². The van der Waals surface area contributed by atoms with Crippen LogP contribution in [0.1, 0.15) is 17.2 Å². The van der Waals surface area contributed by atoms with Gasteiger partial charge in [0.15, 0.2) is 0 Å². The molecule has 4 nitrogen and oxygen atoms in total. The zero-order valence-corrected chi connectivity index (χ0v) is 11.0. The van der Waals surface area contributed by atoms with Gasteiger partial charge in [0.2, 0.25) is 0 Å². The Morgan fingerprint density at radius 1 is 1.00 bits per heavy atom. The molecule has 2 aromatic rings. The van der Waals surface area contributed by atoms with E-state index in [9.17, 15) is 5.11 Å². The molecule has 19 heavy (non-hydrogen) atoms. The highest BCUT2D eigenvalue weighted by atomic mass is 16.5. The summed E-state index contributed by atoms with van der Waals surface area (Å²) in [6.07, 6.45) is -0.763. The van der Waals surface area contributed by atoms with Gasteiger partial charge in [0.05, 0.1) is 14.2 Å². The summed E-state index contributed by atoms with van der Waals surface area (Å²) in [5.74, 6) is 1.27. The monoisotopic (exact) mass is 259 g/mol. The number of hydrogen-bond donors (Lipinski definition) is 2. The number of nitrogen functional groups attached to an aromatic ring is 1. The minimum atomic E-state index is -0.763. The van der Waals surface area contributed by atoms with Crippen molar-refractivity contribution in [3.8, 4) is 11.5 Å². The Bertz CT molecular complexity index is 552. The Labute approximate surface area is 112 Å². The van der Waals surface area contributed by atoms with E-state index in [4.69, 9.17) is 15.2 Å². The molecule has 0 radical (unpaired) electrons. The average Bonchev–Trinajstić information content (AvgIpc) is 2.46. The van der Waals surface area contributed by atoms with E-state index < -0.39 is 6.10 Å². The molecule has 0 saturated carbocycles. The Hall–Kier alpha value is -2.20. The van der Waals surface area contributed by atoms with Crippen molar-refractivity contribution in [1.82, 2.24) is 0 Å². The number of anilines is 1. The maximum atomic E-state index is 10.4. The topological polar surface area (TPSA) is 64.7 Å². The Morgan fingerprint density at radius 3 is 2.26 bits per heavy atom. The second kappa shape index (κ2) is 5.63. The van der Waals surface area contributed by atoms with E-state index in [-0.39, 0.29) is 0 Å². The summed E-state index contributed by atoms with van der Waals surface area (Å²) in [5, 5.41) is 10.4. The second-order valence-corrected chi connectivity index (χ2v) is 4.18. The van der Waals surface area contributed by atoms with E-state index in [2.05, 4.69) is 0 Å². The van der Waals surface area contributed by atoms with Crippen molar-refractivity contribution in [3.63, 3.8) is 0 Å². The van der Waals surface area contributed by atoms with Crippen LogP contribution in [0.5, 0.6) is 11.5 Å². The maximum absolute atomic E-state index is 10.4. The predicted octanol–water partition coefficient (Wildman–Crippen LogP) is 2.37. The molecule has 0 aromatic heterocycles. The summed E-state index contributed by atoms with van der Waals surface area (Å²) < 4.78 is 10.4. The molecule has 1 atom stereocenters. The molecule has 4 heteroatoms. The number of ether oxygens (including phenoxy) is 2. The molecular formula is C15H17NO3. The van der Waals surface area contributed by atoms with Crippen molar-refractivity contribution in [3.05, 3.63) is 53.6 Å². The highest BCUT2D eigenvalue weighted by Crippen LogP contribution is 2.33. The largest absolute Gasteiger partial charge is 0.497 e. The number of rotatable bonds is 4. The lowest BCUT2D eigenvalue weighted by molar-refractivity contribution is 0.214. The van der Waals surface area contributed by atoms with Crippen molar-refractivity contribution in [1.29, 1.82) is 0 Å². The van der Waals surface area contributed by atoms with E-state index in [1.807, 2.05) is 0 Å². The summed E-state index contributed by atoms with van der Waals surface area (Å²) in [6.45, 7) is 0. The summed E-state index contributed by atoms with van der Waals surface area (Å²) in [7, 11) is 3.15. The van der Waals surface area contributed by atoms with Crippen LogP contribution in [0, 0.1) is 0 Å². The molecule has 1 unspecified atom stereocenters. The fourth-order valence-corrected chi connectivity index (χ4v) is 1.90. The quantitative estimate of drug-likeness (QED) is 0.827. The fraction of sp³-hybridized carbons (Fsp3) is 0.200. The highest BCUT2D eigenvalue weighted by Gasteiger charge is 2.16. The first-order chi connectivity index (χ1) is 9.15. The van der Waals surface area contributed by atoms with Gasteiger partial charge in [-0.2, -0.15) is 0 Å². The van der Waals surface area contributed by atoms with Crippen molar-refractivity contribution in [2.75, 3.05) is 20.0 Å². The van der Waals surface area contributed by atoms with Gasteiger partial charge < -0.3 is 20.3 Å². The van der Waals surface area contributed by atoms with Gasteiger partial charge in [0.1, 0.15) is 17.6 Å². The lowest BCUT2D eigenvalue weighted by Crippen LogP contribution is -2.03. The number of methoxy groups -OCH3 is 2. The van der Waals surface area contributed by atoms with Crippen LogP contribution in [-0.2, 0) is 0 Å². The van der Waals surface area contributed by atoms with Gasteiger partial charge in [0.25, 0.3) is 0 Å². The summed E-state index contributed by atoms with van der Waals surface area (Å²) in [5.41, 5.74) is 7.75. The Kier molecular flexibility index (Phi) is 3.92. The molecule has 2 aromatic carbocycles. The van der Waals surface area contributed by atoms with Crippen molar-refractivity contribution >= 4 is 5.69 Å². The first-order valence-corrected chi connectivity index (χ1v) is 5.91. The zero-order valence-electron chi connectivity index (χ0n) is 11.0. The molecule has 0 fully saturated rings. The van der Waals surface area contributed by atoms with Gasteiger partial charge in [0, 0.05) is 17.3 Å². The summed E-state index contributed by atoms with van der Waals surface area (Å²) >= 11 is 0. The third-order valence-electron chi connectivity index (χ3n) is 2.99. The van der Waals surface area contributed by atoms with Crippen LogP contribution in [0.3, 0.4) is 0 Å². The first kappa shape index (κ1) is 13.2. The van der Waals surface area contributed by atoms with Crippen LogP contribution in [0.4, 0.5) is 5.69 Å². The molecule has 100 valence electrons. The van der Waals surface area contributed by atoms with Crippen LogP contribution in [-0.4, -0.2) is 19.3 Å². The molecule has 0 bridgehead atoms. The number of aliphatic hydroxyl groups excluding tert-OH is 1. The molecular weight excluding hydrogens is 242 g/mol. The van der Waals surface area contributed by atoms with E-state index >= 15 is 0 Å². The zero-order chi connectivity index (χ0) is 13.8. The lowest BCUT2D eigenvalue weighted by Gasteiger charge is -2.16. The number of nitrogens with two attached hydrogens (primary N) is 1. The molecule has 0 amide bonds. The van der Waals surface area contributed by atoms with E-state index in [0.717, 1.165) is 5.56 Å². The molecule has 0 aliphatic rings. The van der Waals surface area contributed by atoms with Gasteiger partial charge >= 0.3 is 0 Å². The van der Waals surface area contributed by atoms with Crippen LogP contribution in [0.15, 0.2) is 42.5 Å². The average molecular weight is 259 g/mol. The molecule has 0 aliphatic heterocycles. The first-order valence-electron chi connectivity index (χ1n) is 5.91. The standard InChI is InChI=1S/C15H17NO3/c1-18-12-7-8-13(14(9-12)19-2)15(17)10-3-5-11(16)6-4-10/h3-9,15,17H,16H2,1-2H3. The predicted molar refractivity (Wildman–Crippen MR) is 74.5 cm³/mol. The van der Waals surface area contributed by atoms with Crippen molar-refractivity contribution < 1.29 is 14.6 Å². The normalized spacial score (nSPS) is 11.9. The fourth-order valence-electron chi connectivity index (χ4n) is 1.90. The molecule has 2 rings (SSSR count). The second-order valence-electron chi connectivity index (χ2n) is 4.18. The van der Waals surface area contributed by atoms with E-state index in [0.29, 0.717) is 22.7 Å². The maximum Gasteiger partial charge on any atom is 0.128 e. The number of aliphatic hydroxyl groups is 1. The van der Waals surface area contributed by atoms with Gasteiger partial charge in [-0.15, -0.1) is 0 Å². The van der Waals surface area contributed by atoms with Crippen LogP contribution in [0.25, 0.3) is 0 Å². The molecule has 0 heterocycles. The van der Waals surface area contributed by atoms with E-state index in [1.54, 1.807) is 56.7 Å². The van der Waals surface area contributed by atoms with Crippen molar-refractivity contribution in [2.45, 2.75) is 6.10 Å². The van der Waals surface area contributed by atoms with Crippen molar-refractivity contribution in [2.24, 2.45) is 0 Å². The van der Waals surface area contributed by atoms with Crippen LogP contribution in [0.2, 0.25) is 0 Å². The molecule has 0 spiro atoms. The van der Waals surface area contributed by atoms with Gasteiger partial charge in [-0.1, -0.05) is 12.1 Å². The smallest absolute Gasteiger partial charge is 0.128 e. The van der Waals surface area contributed by atoms with E-state index in [1.165, 1.54) is 0 Å². The highest BCUT2D eigenvalue weighted by molar-refractivity contribution is 5.47. The minimum absolute atomic E-state index is 0.587. The molecule has 3 N–H and O–H groups in total. The minimum Gasteiger partial charge on any atom is -0.497 e. The number of benzene rings is 2. The Morgan fingerprint density at radius 2 is 1.68 bits per heavy atom. The summed E-state index contributed by atoms with van der Waals surface area (Å²) in [4.78, 5) is 0. The van der Waals surface area contributed by atoms with Crippen LogP contribution < -0.4 is 15.2 Å². The van der Waals surface area contributed by atoms with Gasteiger partial charge in [-0.05, 0) is 29.8 Å². The number of hydrogen-bond acceptors (Lipinski definition) is 4. The van der Waals surface area contributed by atoms with Crippen LogP contribution >= 0.6 is 0 Å². The molecule has 0 saturated heterocycles. The third kappa shape index (κ3) is 2.80. The van der Waals surface area contributed by atoms with Gasteiger partial charge in [-0.25, -0.2) is 0 Å². The SMILES string of the molecule is COc1ccc(C(O)c2ccc(N)cc2)c(OC)c1. The lowest BCUT2D eigenvalue weighted by atomic mass is 10.0. The Balaban J connectivity index is 2.37. The summed E-state index contributed by atoms with van der Waals surface area (Å²) in [6, 6.07) is 12.4.